The zero-order chi connectivity index (χ0) is 14.2. The van der Waals surface area contributed by atoms with E-state index < -0.39 is 9.84 Å². The molecule has 1 saturated carbocycles. The fraction of sp³-hybridized carbons (Fsp3) is 0.545. The average Bonchev–Trinajstić information content (AvgIpc) is 3.11. The molecule has 0 bridgehead atoms. The highest BCUT2D eigenvalue weighted by atomic mass is 32.2. The molecule has 1 aliphatic rings. The summed E-state index contributed by atoms with van der Waals surface area (Å²) >= 11 is 0. The van der Waals surface area contributed by atoms with Crippen LogP contribution in [0.5, 0.6) is 0 Å². The van der Waals surface area contributed by atoms with Gasteiger partial charge in [-0.3, -0.25) is 0 Å². The molecule has 0 aliphatic heterocycles. The van der Waals surface area contributed by atoms with Crippen LogP contribution in [0.4, 0.5) is 0 Å². The predicted molar refractivity (Wildman–Crippen MR) is 68.2 cm³/mol. The number of sulfone groups is 1. The SMILES string of the molecule is Cc1ccnc(S(=O)(=O)Cc2nnnn2CC2CC2)n1. The van der Waals surface area contributed by atoms with Gasteiger partial charge in [0.25, 0.3) is 0 Å². The van der Waals surface area contributed by atoms with Gasteiger partial charge in [-0.1, -0.05) is 0 Å². The van der Waals surface area contributed by atoms with Gasteiger partial charge in [0, 0.05) is 18.4 Å². The van der Waals surface area contributed by atoms with E-state index in [1.165, 1.54) is 6.20 Å². The molecule has 2 aromatic heterocycles. The van der Waals surface area contributed by atoms with Crippen LogP contribution in [0.25, 0.3) is 0 Å². The maximum Gasteiger partial charge on any atom is 0.247 e. The van der Waals surface area contributed by atoms with Gasteiger partial charge in [0.1, 0.15) is 5.75 Å². The molecule has 0 atom stereocenters. The smallest absolute Gasteiger partial charge is 0.228 e. The quantitative estimate of drug-likeness (QED) is 0.723. The van der Waals surface area contributed by atoms with E-state index in [2.05, 4.69) is 25.5 Å². The molecule has 0 unspecified atom stereocenters. The fourth-order valence-corrected chi connectivity index (χ4v) is 3.00. The number of aryl methyl sites for hydroxylation is 1. The third-order valence-electron chi connectivity index (χ3n) is 3.10. The Labute approximate surface area is 116 Å². The van der Waals surface area contributed by atoms with Crippen molar-refractivity contribution in [1.82, 2.24) is 30.2 Å². The van der Waals surface area contributed by atoms with Gasteiger partial charge in [-0.15, -0.1) is 5.10 Å². The van der Waals surface area contributed by atoms with Crippen LogP contribution < -0.4 is 0 Å². The number of hydrogen-bond acceptors (Lipinski definition) is 7. The lowest BCUT2D eigenvalue weighted by Crippen LogP contribution is -2.15. The van der Waals surface area contributed by atoms with Crippen molar-refractivity contribution in [1.29, 1.82) is 0 Å². The maximum absolute atomic E-state index is 12.3. The van der Waals surface area contributed by atoms with Gasteiger partial charge in [0.2, 0.25) is 15.0 Å². The summed E-state index contributed by atoms with van der Waals surface area (Å²) in [4.78, 5) is 7.77. The van der Waals surface area contributed by atoms with E-state index in [0.717, 1.165) is 12.8 Å². The summed E-state index contributed by atoms with van der Waals surface area (Å²) in [7, 11) is -3.63. The Morgan fingerprint density at radius 2 is 2.20 bits per heavy atom. The van der Waals surface area contributed by atoms with Crippen LogP contribution in [0.2, 0.25) is 0 Å². The minimum atomic E-state index is -3.63. The van der Waals surface area contributed by atoms with Crippen LogP contribution in [0, 0.1) is 12.8 Å². The van der Waals surface area contributed by atoms with Crippen LogP contribution in [0.3, 0.4) is 0 Å². The monoisotopic (exact) mass is 294 g/mol. The van der Waals surface area contributed by atoms with Gasteiger partial charge in [-0.2, -0.15) is 0 Å². The first-order valence-electron chi connectivity index (χ1n) is 6.32. The van der Waals surface area contributed by atoms with E-state index in [1.54, 1.807) is 17.7 Å². The minimum absolute atomic E-state index is 0.182. The summed E-state index contributed by atoms with van der Waals surface area (Å²) in [6.45, 7) is 2.39. The number of hydrogen-bond donors (Lipinski definition) is 0. The molecule has 0 amide bonds. The Hall–Kier alpha value is -1.90. The van der Waals surface area contributed by atoms with Crippen molar-refractivity contribution in [3.8, 4) is 0 Å². The first-order chi connectivity index (χ1) is 9.54. The van der Waals surface area contributed by atoms with E-state index in [4.69, 9.17) is 0 Å². The Morgan fingerprint density at radius 3 is 2.90 bits per heavy atom. The second kappa shape index (κ2) is 4.89. The second-order valence-corrected chi connectivity index (χ2v) is 6.84. The molecule has 2 heterocycles. The third kappa shape index (κ3) is 2.82. The van der Waals surface area contributed by atoms with Gasteiger partial charge in [0.15, 0.2) is 5.82 Å². The lowest BCUT2D eigenvalue weighted by Gasteiger charge is -2.04. The van der Waals surface area contributed by atoms with Crippen molar-refractivity contribution in [3.05, 3.63) is 23.8 Å². The van der Waals surface area contributed by atoms with Gasteiger partial charge in [-0.05, 0) is 42.2 Å². The fourth-order valence-electron chi connectivity index (χ4n) is 1.82. The van der Waals surface area contributed by atoms with Crippen molar-refractivity contribution in [3.63, 3.8) is 0 Å². The summed E-state index contributed by atoms with van der Waals surface area (Å²) < 4.78 is 26.1. The van der Waals surface area contributed by atoms with E-state index in [0.29, 0.717) is 24.0 Å². The van der Waals surface area contributed by atoms with Crippen LogP contribution in [-0.4, -0.2) is 38.6 Å². The van der Waals surface area contributed by atoms with Crippen LogP contribution in [0.1, 0.15) is 24.4 Å². The highest BCUT2D eigenvalue weighted by molar-refractivity contribution is 7.90. The molecule has 0 radical (unpaired) electrons. The van der Waals surface area contributed by atoms with Crippen LogP contribution in [0.15, 0.2) is 17.4 Å². The Balaban J connectivity index is 1.84. The molecule has 0 N–H and O–H groups in total. The molecule has 20 heavy (non-hydrogen) atoms. The number of tetrazole rings is 1. The summed E-state index contributed by atoms with van der Waals surface area (Å²) in [5.74, 6) is 0.619. The third-order valence-corrected chi connectivity index (χ3v) is 4.50. The molecule has 0 saturated heterocycles. The number of nitrogens with zero attached hydrogens (tertiary/aromatic N) is 6. The summed E-state index contributed by atoms with van der Waals surface area (Å²) in [5.41, 5.74) is 0.608. The molecule has 1 fully saturated rings. The summed E-state index contributed by atoms with van der Waals surface area (Å²) in [5, 5.41) is 11.0. The van der Waals surface area contributed by atoms with E-state index in [-0.39, 0.29) is 10.9 Å². The lowest BCUT2D eigenvalue weighted by atomic mass is 10.4. The molecule has 106 valence electrons. The Bertz CT molecular complexity index is 722. The minimum Gasteiger partial charge on any atom is -0.228 e. The first-order valence-corrected chi connectivity index (χ1v) is 7.97. The molecule has 0 spiro atoms. The molecule has 8 nitrogen and oxygen atoms in total. The highest BCUT2D eigenvalue weighted by Crippen LogP contribution is 2.30. The van der Waals surface area contributed by atoms with E-state index in [1.807, 2.05) is 0 Å². The molecule has 2 aromatic rings. The number of rotatable bonds is 5. The maximum atomic E-state index is 12.3. The molecule has 0 aromatic carbocycles. The predicted octanol–water partition coefficient (Wildman–Crippen LogP) is 0.155. The zero-order valence-electron chi connectivity index (χ0n) is 11.0. The van der Waals surface area contributed by atoms with Crippen molar-refractivity contribution >= 4 is 9.84 Å². The standard InChI is InChI=1S/C11H14N6O2S/c1-8-4-5-12-11(13-8)20(18,19)7-10-14-15-16-17(10)6-9-2-3-9/h4-5,9H,2-3,6-7H2,1H3. The Kier molecular flexibility index (Phi) is 3.20. The summed E-state index contributed by atoms with van der Waals surface area (Å²) in [6.07, 6.45) is 3.72. The van der Waals surface area contributed by atoms with Gasteiger partial charge in [0.05, 0.1) is 0 Å². The Morgan fingerprint density at radius 1 is 1.40 bits per heavy atom. The van der Waals surface area contributed by atoms with Gasteiger partial charge < -0.3 is 0 Å². The van der Waals surface area contributed by atoms with Crippen molar-refractivity contribution in [2.24, 2.45) is 5.92 Å². The van der Waals surface area contributed by atoms with Crippen molar-refractivity contribution < 1.29 is 8.42 Å². The topological polar surface area (TPSA) is 104 Å². The summed E-state index contributed by atoms with van der Waals surface area (Å²) in [6, 6.07) is 1.65. The largest absolute Gasteiger partial charge is 0.247 e. The highest BCUT2D eigenvalue weighted by Gasteiger charge is 2.27. The van der Waals surface area contributed by atoms with Gasteiger partial charge in [-0.25, -0.2) is 23.1 Å². The van der Waals surface area contributed by atoms with Crippen LogP contribution >= 0.6 is 0 Å². The van der Waals surface area contributed by atoms with Gasteiger partial charge >= 0.3 is 0 Å². The second-order valence-electron chi connectivity index (χ2n) is 4.96. The van der Waals surface area contributed by atoms with Crippen molar-refractivity contribution in [2.45, 2.75) is 37.2 Å². The van der Waals surface area contributed by atoms with E-state index in [9.17, 15) is 8.42 Å². The first kappa shape index (κ1) is 13.1. The zero-order valence-corrected chi connectivity index (χ0v) is 11.8. The normalized spacial score (nSPS) is 15.4. The molecule has 9 heteroatoms. The molecular weight excluding hydrogens is 280 g/mol. The molecule has 1 aliphatic carbocycles. The average molecular weight is 294 g/mol. The lowest BCUT2D eigenvalue weighted by molar-refractivity contribution is 0.526. The van der Waals surface area contributed by atoms with Crippen LogP contribution in [-0.2, 0) is 22.1 Å². The molecular formula is C11H14N6O2S. The van der Waals surface area contributed by atoms with E-state index >= 15 is 0 Å². The molecule has 3 rings (SSSR count). The number of aromatic nitrogens is 6. The van der Waals surface area contributed by atoms with Crippen molar-refractivity contribution in [2.75, 3.05) is 0 Å².